The summed E-state index contributed by atoms with van der Waals surface area (Å²) in [6, 6.07) is 8.54. The molecule has 2 aromatic rings. The van der Waals surface area contributed by atoms with Crippen LogP contribution in [0.3, 0.4) is 0 Å². The second kappa shape index (κ2) is 4.61. The molecule has 1 aromatic heterocycles. The fraction of sp³-hybridized carbons (Fsp3) is 0.357. The number of aryl methyl sites for hydroxylation is 1. The highest BCUT2D eigenvalue weighted by Gasteiger charge is 2.18. The Labute approximate surface area is 110 Å². The summed E-state index contributed by atoms with van der Waals surface area (Å²) in [5.74, 6) is 0. The summed E-state index contributed by atoms with van der Waals surface area (Å²) in [6.07, 6.45) is 1.12. The Bertz CT molecular complexity index is 614. The molecule has 0 bridgehead atoms. The third-order valence-electron chi connectivity index (χ3n) is 3.55. The normalized spacial score (nSPS) is 13.9. The smallest absolute Gasteiger partial charge is 0.307 e. The van der Waals surface area contributed by atoms with Crippen LogP contribution in [0.25, 0.3) is 0 Å². The molecule has 1 aromatic carbocycles. The maximum Gasteiger partial charge on any atom is 0.307 e. The van der Waals surface area contributed by atoms with Crippen molar-refractivity contribution in [3.05, 3.63) is 50.6 Å². The molecule has 0 N–H and O–H groups in total. The van der Waals surface area contributed by atoms with Crippen LogP contribution in [0, 0.1) is 6.92 Å². The van der Waals surface area contributed by atoms with Gasteiger partial charge in [-0.2, -0.15) is 0 Å². The maximum absolute atomic E-state index is 11.7. The van der Waals surface area contributed by atoms with Crippen molar-refractivity contribution in [3.8, 4) is 0 Å². The van der Waals surface area contributed by atoms with Gasteiger partial charge in [0, 0.05) is 36.4 Å². The van der Waals surface area contributed by atoms with Gasteiger partial charge in [-0.1, -0.05) is 29.5 Å². The van der Waals surface area contributed by atoms with Gasteiger partial charge in [0.15, 0.2) is 0 Å². The molecule has 3 nitrogen and oxygen atoms in total. The molecule has 18 heavy (non-hydrogen) atoms. The highest BCUT2D eigenvalue weighted by atomic mass is 32.1. The standard InChI is InChI=1S/C14H16N2OS/c1-11-10-18-14(17)16(11)9-8-15-7-6-12-4-2-3-5-13(12)15/h2-5,10H,6-9H2,1H3. The number of aromatic nitrogens is 1. The van der Waals surface area contributed by atoms with E-state index in [0.717, 1.165) is 31.7 Å². The average Bonchev–Trinajstić information content (AvgIpc) is 2.93. The lowest BCUT2D eigenvalue weighted by Crippen LogP contribution is -2.28. The van der Waals surface area contributed by atoms with Crippen LogP contribution in [0.2, 0.25) is 0 Å². The van der Waals surface area contributed by atoms with Crippen molar-refractivity contribution in [3.63, 3.8) is 0 Å². The SMILES string of the molecule is Cc1csc(=O)n1CCN1CCc2ccccc21. The van der Waals surface area contributed by atoms with Gasteiger partial charge >= 0.3 is 4.87 Å². The van der Waals surface area contributed by atoms with Crippen molar-refractivity contribution in [1.29, 1.82) is 0 Å². The summed E-state index contributed by atoms with van der Waals surface area (Å²) in [5, 5.41) is 1.93. The predicted octanol–water partition coefficient (Wildman–Crippen LogP) is 2.28. The van der Waals surface area contributed by atoms with Crippen LogP contribution in [0.15, 0.2) is 34.4 Å². The van der Waals surface area contributed by atoms with Crippen LogP contribution < -0.4 is 9.77 Å². The van der Waals surface area contributed by atoms with E-state index in [-0.39, 0.29) is 4.87 Å². The monoisotopic (exact) mass is 260 g/mol. The molecule has 0 saturated heterocycles. The van der Waals surface area contributed by atoms with Gasteiger partial charge in [0.1, 0.15) is 0 Å². The predicted molar refractivity (Wildman–Crippen MR) is 75.7 cm³/mol. The van der Waals surface area contributed by atoms with Crippen molar-refractivity contribution in [1.82, 2.24) is 4.57 Å². The molecule has 0 spiro atoms. The Balaban J connectivity index is 1.74. The first kappa shape index (κ1) is 11.5. The van der Waals surface area contributed by atoms with E-state index in [9.17, 15) is 4.79 Å². The van der Waals surface area contributed by atoms with E-state index in [0.29, 0.717) is 0 Å². The van der Waals surface area contributed by atoms with Crippen LogP contribution in [-0.2, 0) is 13.0 Å². The molecule has 0 atom stereocenters. The first-order valence-corrected chi connectivity index (χ1v) is 7.11. The fourth-order valence-corrected chi connectivity index (χ4v) is 3.30. The molecular weight excluding hydrogens is 244 g/mol. The molecule has 0 radical (unpaired) electrons. The zero-order chi connectivity index (χ0) is 12.5. The van der Waals surface area contributed by atoms with Gasteiger partial charge in [-0.3, -0.25) is 4.79 Å². The minimum Gasteiger partial charge on any atom is -0.369 e. The zero-order valence-electron chi connectivity index (χ0n) is 10.4. The summed E-state index contributed by atoms with van der Waals surface area (Å²) in [7, 11) is 0. The summed E-state index contributed by atoms with van der Waals surface area (Å²) in [6.45, 7) is 4.75. The summed E-state index contributed by atoms with van der Waals surface area (Å²) >= 11 is 1.29. The van der Waals surface area contributed by atoms with Crippen LogP contribution in [0.5, 0.6) is 0 Å². The molecule has 0 amide bonds. The van der Waals surface area contributed by atoms with Gasteiger partial charge in [0.05, 0.1) is 0 Å². The molecule has 0 fully saturated rings. The van der Waals surface area contributed by atoms with Crippen molar-refractivity contribution < 1.29 is 0 Å². The molecule has 1 aliphatic rings. The Morgan fingerprint density at radius 3 is 2.89 bits per heavy atom. The topological polar surface area (TPSA) is 25.2 Å². The Kier molecular flexibility index (Phi) is 2.96. The number of hydrogen-bond donors (Lipinski definition) is 0. The van der Waals surface area contributed by atoms with Gasteiger partial charge in [0.25, 0.3) is 0 Å². The zero-order valence-corrected chi connectivity index (χ0v) is 11.2. The lowest BCUT2D eigenvalue weighted by Gasteiger charge is -2.19. The number of hydrogen-bond acceptors (Lipinski definition) is 3. The molecule has 0 unspecified atom stereocenters. The maximum atomic E-state index is 11.7. The Morgan fingerprint density at radius 1 is 1.28 bits per heavy atom. The molecule has 94 valence electrons. The van der Waals surface area contributed by atoms with Crippen LogP contribution in [-0.4, -0.2) is 17.7 Å². The first-order valence-electron chi connectivity index (χ1n) is 6.23. The fourth-order valence-electron chi connectivity index (χ4n) is 2.53. The minimum atomic E-state index is 0.153. The summed E-state index contributed by atoms with van der Waals surface area (Å²) in [5.41, 5.74) is 3.82. The second-order valence-electron chi connectivity index (χ2n) is 4.66. The summed E-state index contributed by atoms with van der Waals surface area (Å²) < 4.78 is 1.87. The molecule has 0 aliphatic carbocycles. The quantitative estimate of drug-likeness (QED) is 0.846. The van der Waals surface area contributed by atoms with E-state index in [1.54, 1.807) is 0 Å². The largest absolute Gasteiger partial charge is 0.369 e. The van der Waals surface area contributed by atoms with Gasteiger partial charge in [-0.15, -0.1) is 0 Å². The van der Waals surface area contributed by atoms with Crippen LogP contribution in [0.4, 0.5) is 5.69 Å². The van der Waals surface area contributed by atoms with Crippen molar-refractivity contribution in [2.24, 2.45) is 0 Å². The van der Waals surface area contributed by atoms with E-state index >= 15 is 0 Å². The molecule has 3 rings (SSSR count). The number of nitrogens with zero attached hydrogens (tertiary/aromatic N) is 2. The number of rotatable bonds is 3. The molecule has 4 heteroatoms. The van der Waals surface area contributed by atoms with E-state index in [4.69, 9.17) is 0 Å². The molecule has 0 saturated carbocycles. The van der Waals surface area contributed by atoms with Crippen molar-refractivity contribution in [2.75, 3.05) is 18.0 Å². The number of anilines is 1. The average molecular weight is 260 g/mol. The first-order chi connectivity index (χ1) is 8.75. The third kappa shape index (κ3) is 1.97. The Hall–Kier alpha value is -1.55. The molecular formula is C14H16N2OS. The Morgan fingerprint density at radius 2 is 2.11 bits per heavy atom. The van der Waals surface area contributed by atoms with Crippen molar-refractivity contribution in [2.45, 2.75) is 19.9 Å². The lowest BCUT2D eigenvalue weighted by molar-refractivity contribution is 0.645. The van der Waals surface area contributed by atoms with Gasteiger partial charge in [0.2, 0.25) is 0 Å². The molecule has 2 heterocycles. The highest BCUT2D eigenvalue weighted by Crippen LogP contribution is 2.26. The minimum absolute atomic E-state index is 0.153. The number of fused-ring (bicyclic) bond motifs is 1. The van der Waals surface area contributed by atoms with Gasteiger partial charge in [-0.05, 0) is 25.0 Å². The van der Waals surface area contributed by atoms with E-state index < -0.39 is 0 Å². The molecule has 1 aliphatic heterocycles. The van der Waals surface area contributed by atoms with Gasteiger partial charge in [-0.25, -0.2) is 0 Å². The number of thiazole rings is 1. The number of benzene rings is 1. The lowest BCUT2D eigenvalue weighted by atomic mass is 10.2. The van der Waals surface area contributed by atoms with Crippen LogP contribution in [0.1, 0.15) is 11.3 Å². The van der Waals surface area contributed by atoms with E-state index in [2.05, 4.69) is 29.2 Å². The third-order valence-corrected chi connectivity index (χ3v) is 4.43. The summed E-state index contributed by atoms with van der Waals surface area (Å²) in [4.78, 5) is 14.2. The highest BCUT2D eigenvalue weighted by molar-refractivity contribution is 7.07. The van der Waals surface area contributed by atoms with E-state index in [1.165, 1.54) is 22.6 Å². The van der Waals surface area contributed by atoms with Crippen molar-refractivity contribution >= 4 is 17.0 Å². The number of para-hydroxylation sites is 1. The second-order valence-corrected chi connectivity index (χ2v) is 5.48. The van der Waals surface area contributed by atoms with E-state index in [1.807, 2.05) is 16.9 Å². The van der Waals surface area contributed by atoms with Gasteiger partial charge < -0.3 is 9.47 Å². The van der Waals surface area contributed by atoms with Crippen LogP contribution >= 0.6 is 11.3 Å².